The summed E-state index contributed by atoms with van der Waals surface area (Å²) in [5, 5.41) is 21.9. The van der Waals surface area contributed by atoms with Crippen LogP contribution in [-0.2, 0) is 14.3 Å². The summed E-state index contributed by atoms with van der Waals surface area (Å²) < 4.78 is 6.14. The number of hydrogen-bond donors (Lipinski definition) is 2. The number of fused-ring (bicyclic) bond motifs is 7. The fourth-order valence-corrected chi connectivity index (χ4v) is 11.3. The Balaban J connectivity index is 1.60. The number of carboxylic acid groups (broad SMARTS) is 1. The van der Waals surface area contributed by atoms with Crippen LogP contribution in [0.5, 0.6) is 0 Å². The van der Waals surface area contributed by atoms with Crippen LogP contribution < -0.4 is 0 Å². The first kappa shape index (κ1) is 29.9. The van der Waals surface area contributed by atoms with Crippen molar-refractivity contribution in [3.8, 4) is 0 Å². The van der Waals surface area contributed by atoms with Crippen LogP contribution in [0.4, 0.5) is 0 Å². The van der Waals surface area contributed by atoms with Gasteiger partial charge in [0, 0.05) is 11.5 Å². The van der Waals surface area contributed by atoms with Gasteiger partial charge in [0.15, 0.2) is 0 Å². The van der Waals surface area contributed by atoms with E-state index in [0.29, 0.717) is 30.3 Å². The zero-order valence-electron chi connectivity index (χ0n) is 26.5. The summed E-state index contributed by atoms with van der Waals surface area (Å²) in [4.78, 5) is 26.4. The SMILES string of the molecule is C/C=C(/C)C(=O)OC1CC(C)(C)CC2C3=CCC4C5(C)CC[C@H](O)C(C)(C)C5CC[C@@]4(C)[C@]3(C)CC[C@@]12C(=O)O. The Morgan fingerprint density at radius 1 is 0.950 bits per heavy atom. The average Bonchev–Trinajstić information content (AvgIpc) is 2.85. The maximum Gasteiger partial charge on any atom is 0.333 e. The minimum Gasteiger partial charge on any atom is -0.481 e. The van der Waals surface area contributed by atoms with Gasteiger partial charge in [-0.1, -0.05) is 66.2 Å². The predicted octanol–water partition coefficient (Wildman–Crippen LogP) is 7.72. The molecule has 0 amide bonds. The highest BCUT2D eigenvalue weighted by molar-refractivity contribution is 5.88. The zero-order valence-corrected chi connectivity index (χ0v) is 26.5. The lowest BCUT2D eigenvalue weighted by Crippen LogP contribution is -2.66. The minimum absolute atomic E-state index is 0.0562. The van der Waals surface area contributed by atoms with Gasteiger partial charge in [0.05, 0.1) is 6.10 Å². The molecule has 0 radical (unpaired) electrons. The van der Waals surface area contributed by atoms with Gasteiger partial charge in [-0.25, -0.2) is 4.79 Å². The van der Waals surface area contributed by atoms with Gasteiger partial charge >= 0.3 is 11.9 Å². The number of aliphatic carboxylic acids is 1. The minimum atomic E-state index is -1.09. The second kappa shape index (κ2) is 9.19. The molecule has 0 aromatic rings. The number of aliphatic hydroxyl groups excluding tert-OH is 1. The Labute approximate surface area is 242 Å². The Kier molecular flexibility index (Phi) is 6.86. The van der Waals surface area contributed by atoms with E-state index in [1.54, 1.807) is 13.0 Å². The summed E-state index contributed by atoms with van der Waals surface area (Å²) in [6, 6.07) is 0. The number of ether oxygens (including phenoxy) is 1. The molecule has 4 saturated carbocycles. The number of rotatable bonds is 3. The molecule has 2 N–H and O–H groups in total. The second-order valence-electron chi connectivity index (χ2n) is 16.5. The highest BCUT2D eigenvalue weighted by Gasteiger charge is 2.71. The molecule has 0 saturated heterocycles. The van der Waals surface area contributed by atoms with E-state index in [9.17, 15) is 19.8 Å². The first-order valence-electron chi connectivity index (χ1n) is 15.9. The van der Waals surface area contributed by atoms with Gasteiger partial charge in [0.2, 0.25) is 0 Å². The molecule has 5 nitrogen and oxygen atoms in total. The van der Waals surface area contributed by atoms with Gasteiger partial charge in [-0.05, 0) is 111 Å². The Hall–Kier alpha value is -1.62. The number of hydrogen-bond acceptors (Lipinski definition) is 4. The molecule has 9 atom stereocenters. The maximum atomic E-state index is 13.4. The molecule has 5 unspecified atom stereocenters. The predicted molar refractivity (Wildman–Crippen MR) is 157 cm³/mol. The molecular weight excluding hydrogens is 500 g/mol. The molecule has 0 aromatic carbocycles. The first-order valence-corrected chi connectivity index (χ1v) is 15.9. The molecule has 4 fully saturated rings. The van der Waals surface area contributed by atoms with Gasteiger partial charge in [0.25, 0.3) is 0 Å². The van der Waals surface area contributed by atoms with Crippen LogP contribution in [0.25, 0.3) is 0 Å². The maximum absolute atomic E-state index is 13.4. The van der Waals surface area contributed by atoms with Crippen molar-refractivity contribution in [2.24, 2.45) is 50.2 Å². The van der Waals surface area contributed by atoms with Crippen molar-refractivity contribution < 1.29 is 24.5 Å². The lowest BCUT2D eigenvalue weighted by atomic mass is 9.33. The van der Waals surface area contributed by atoms with Gasteiger partial charge in [-0.15, -0.1) is 0 Å². The number of allylic oxidation sites excluding steroid dienone is 3. The van der Waals surface area contributed by atoms with Gasteiger partial charge in [-0.3, -0.25) is 4.79 Å². The van der Waals surface area contributed by atoms with Gasteiger partial charge in [0.1, 0.15) is 11.5 Å². The van der Waals surface area contributed by atoms with Crippen molar-refractivity contribution in [2.75, 3.05) is 0 Å². The van der Waals surface area contributed by atoms with E-state index in [1.807, 2.05) is 6.92 Å². The van der Waals surface area contributed by atoms with Crippen molar-refractivity contribution in [3.63, 3.8) is 0 Å². The molecule has 5 rings (SSSR count). The summed E-state index contributed by atoms with van der Waals surface area (Å²) in [5.74, 6) is -0.369. The van der Waals surface area contributed by atoms with E-state index < -0.39 is 23.5 Å². The van der Waals surface area contributed by atoms with Crippen LogP contribution in [0.1, 0.15) is 120 Å². The van der Waals surface area contributed by atoms with Crippen molar-refractivity contribution in [1.29, 1.82) is 0 Å². The van der Waals surface area contributed by atoms with Crippen LogP contribution in [0.15, 0.2) is 23.3 Å². The second-order valence-corrected chi connectivity index (χ2v) is 16.5. The summed E-state index contributed by atoms with van der Waals surface area (Å²) in [6.07, 6.45) is 11.1. The molecular formula is C35H54O5. The first-order chi connectivity index (χ1) is 18.4. The quantitative estimate of drug-likeness (QED) is 0.212. The highest BCUT2D eigenvalue weighted by Crippen LogP contribution is 2.75. The largest absolute Gasteiger partial charge is 0.481 e. The zero-order chi connectivity index (χ0) is 29.7. The number of carbonyl (C=O) groups is 2. The third kappa shape index (κ3) is 3.81. The number of aliphatic hydroxyl groups is 1. The molecule has 0 aromatic heterocycles. The standard InChI is InChI=1S/C35H54O5/c1-10-21(2)28(37)40-27-20-30(3,4)19-23-22-11-12-25-32(7)15-14-26(36)31(5,6)24(32)13-16-34(25,9)33(22,8)17-18-35(23,27)29(38)39/h10-11,23-27,36H,12-20H2,1-9H3,(H,38,39)/b21-10-/t23?,24?,25?,26-,27?,32?,33+,34+,35-/m0/s1. The fraction of sp³-hybridized carbons (Fsp3) is 0.829. The molecule has 0 heterocycles. The molecule has 224 valence electrons. The van der Waals surface area contributed by atoms with Crippen LogP contribution >= 0.6 is 0 Å². The monoisotopic (exact) mass is 554 g/mol. The molecule has 0 aliphatic heterocycles. The molecule has 40 heavy (non-hydrogen) atoms. The van der Waals surface area contributed by atoms with Crippen molar-refractivity contribution in [3.05, 3.63) is 23.3 Å². The van der Waals surface area contributed by atoms with E-state index in [0.717, 1.165) is 44.9 Å². The van der Waals surface area contributed by atoms with Gasteiger partial charge < -0.3 is 14.9 Å². The third-order valence-electron chi connectivity index (χ3n) is 14.0. The van der Waals surface area contributed by atoms with E-state index in [1.165, 1.54) is 5.57 Å². The van der Waals surface area contributed by atoms with E-state index >= 15 is 0 Å². The number of carboxylic acids is 1. The Morgan fingerprint density at radius 3 is 2.25 bits per heavy atom. The average molecular weight is 555 g/mol. The summed E-state index contributed by atoms with van der Waals surface area (Å²) in [6.45, 7) is 20.0. The molecule has 5 aliphatic carbocycles. The van der Waals surface area contributed by atoms with Crippen molar-refractivity contribution in [1.82, 2.24) is 0 Å². The fourth-order valence-electron chi connectivity index (χ4n) is 11.3. The molecule has 0 bridgehead atoms. The molecule has 0 spiro atoms. The lowest BCUT2D eigenvalue weighted by Gasteiger charge is -2.71. The normalized spacial score (nSPS) is 47.5. The van der Waals surface area contributed by atoms with E-state index in [-0.39, 0.29) is 39.1 Å². The topological polar surface area (TPSA) is 83.8 Å². The summed E-state index contributed by atoms with van der Waals surface area (Å²) in [7, 11) is 0. The van der Waals surface area contributed by atoms with E-state index in [4.69, 9.17) is 4.74 Å². The highest BCUT2D eigenvalue weighted by atomic mass is 16.5. The summed E-state index contributed by atoms with van der Waals surface area (Å²) >= 11 is 0. The van der Waals surface area contributed by atoms with E-state index in [2.05, 4.69) is 54.5 Å². The summed E-state index contributed by atoms with van der Waals surface area (Å²) in [5.41, 5.74) is 0.632. The lowest BCUT2D eigenvalue weighted by molar-refractivity contribution is -0.215. The van der Waals surface area contributed by atoms with Gasteiger partial charge in [-0.2, -0.15) is 0 Å². The van der Waals surface area contributed by atoms with Crippen LogP contribution in [0.3, 0.4) is 0 Å². The number of esters is 1. The van der Waals surface area contributed by atoms with Crippen molar-refractivity contribution >= 4 is 11.9 Å². The smallest absolute Gasteiger partial charge is 0.333 e. The van der Waals surface area contributed by atoms with Crippen LogP contribution in [0.2, 0.25) is 0 Å². The molecule has 5 heteroatoms. The molecule has 5 aliphatic rings. The number of carbonyl (C=O) groups excluding carboxylic acids is 1. The van der Waals surface area contributed by atoms with Crippen LogP contribution in [0, 0.1) is 50.2 Å². The van der Waals surface area contributed by atoms with Crippen LogP contribution in [-0.4, -0.2) is 34.4 Å². The third-order valence-corrected chi connectivity index (χ3v) is 14.0. The van der Waals surface area contributed by atoms with Crippen molar-refractivity contribution in [2.45, 2.75) is 132 Å². The Bertz CT molecular complexity index is 1150. The Morgan fingerprint density at radius 2 is 1.62 bits per heavy atom.